The molecule has 0 fully saturated rings. The van der Waals surface area contributed by atoms with Crippen LogP contribution in [-0.2, 0) is 20.6 Å². The molecule has 37 heavy (non-hydrogen) atoms. The average molecular weight is 505 g/mol. The number of nitrogens with zero attached hydrogens (tertiary/aromatic N) is 5. The zero-order chi connectivity index (χ0) is 26.7. The molecule has 4 aromatic rings. The molecule has 0 saturated heterocycles. The second kappa shape index (κ2) is 10.8. The number of imidazole rings is 1. The zero-order valence-electron chi connectivity index (χ0n) is 21.7. The van der Waals surface area contributed by atoms with E-state index >= 15 is 0 Å². The van der Waals surface area contributed by atoms with Gasteiger partial charge in [-0.25, -0.2) is 10.2 Å². The van der Waals surface area contributed by atoms with E-state index in [-0.39, 0.29) is 30.3 Å². The van der Waals surface area contributed by atoms with Crippen molar-refractivity contribution in [2.45, 2.75) is 39.3 Å². The second-order valence-electron chi connectivity index (χ2n) is 9.40. The molecule has 2 aromatic heterocycles. The summed E-state index contributed by atoms with van der Waals surface area (Å²) in [5.41, 5.74) is 5.39. The number of hydrazone groups is 1. The Kier molecular flexibility index (Phi) is 7.58. The summed E-state index contributed by atoms with van der Waals surface area (Å²) in [5.74, 6) is 1.29. The van der Waals surface area contributed by atoms with Crippen molar-refractivity contribution >= 4 is 23.3 Å². The number of benzene rings is 2. The van der Waals surface area contributed by atoms with Gasteiger partial charge < -0.3 is 14.4 Å². The van der Waals surface area contributed by atoms with Crippen molar-refractivity contribution in [3.8, 4) is 5.75 Å². The Morgan fingerprint density at radius 1 is 1.11 bits per heavy atom. The maximum Gasteiger partial charge on any atom is 0.332 e. The molecule has 10 heteroatoms. The molecule has 2 aromatic carbocycles. The van der Waals surface area contributed by atoms with Gasteiger partial charge in [0.2, 0.25) is 5.95 Å². The van der Waals surface area contributed by atoms with Crippen LogP contribution in [0.15, 0.2) is 63.2 Å². The predicted molar refractivity (Wildman–Crippen MR) is 145 cm³/mol. The first-order chi connectivity index (χ1) is 17.7. The highest BCUT2D eigenvalue weighted by atomic mass is 16.5. The molecule has 0 spiro atoms. The van der Waals surface area contributed by atoms with E-state index in [2.05, 4.69) is 29.4 Å². The minimum atomic E-state index is -0.965. The molecule has 1 unspecified atom stereocenters. The second-order valence-corrected chi connectivity index (χ2v) is 9.40. The van der Waals surface area contributed by atoms with E-state index in [9.17, 15) is 14.7 Å². The lowest BCUT2D eigenvalue weighted by Crippen LogP contribution is -2.38. The van der Waals surface area contributed by atoms with Crippen LogP contribution in [-0.4, -0.2) is 42.7 Å². The normalized spacial score (nSPS) is 12.5. The highest BCUT2D eigenvalue weighted by Crippen LogP contribution is 2.18. The van der Waals surface area contributed by atoms with Gasteiger partial charge in [-0.15, -0.1) is 0 Å². The van der Waals surface area contributed by atoms with Crippen molar-refractivity contribution in [1.29, 1.82) is 0 Å². The Labute approximate surface area is 214 Å². The SMILES string of the molecule is Cc1cccc(OCC(O)Cn2c(NN=Cc3ccc(C(C)C)cc3)nc3c2c(=O)n(C)c(=O)n3C)c1. The minimum Gasteiger partial charge on any atom is -0.491 e. The summed E-state index contributed by atoms with van der Waals surface area (Å²) >= 11 is 0. The summed E-state index contributed by atoms with van der Waals surface area (Å²) in [4.78, 5) is 30.0. The predicted octanol–water partition coefficient (Wildman–Crippen LogP) is 2.75. The van der Waals surface area contributed by atoms with Crippen molar-refractivity contribution < 1.29 is 9.84 Å². The van der Waals surface area contributed by atoms with Crippen LogP contribution in [0.4, 0.5) is 5.95 Å². The molecule has 0 amide bonds. The highest BCUT2D eigenvalue weighted by molar-refractivity contribution is 5.80. The number of aliphatic hydroxyl groups excluding tert-OH is 1. The summed E-state index contributed by atoms with van der Waals surface area (Å²) in [5, 5.41) is 15.1. The number of aliphatic hydroxyl groups is 1. The number of nitrogens with one attached hydrogen (secondary N) is 1. The van der Waals surface area contributed by atoms with Crippen LogP contribution in [0, 0.1) is 6.92 Å². The summed E-state index contributed by atoms with van der Waals surface area (Å²) in [6.07, 6.45) is 0.676. The number of aromatic nitrogens is 4. The Morgan fingerprint density at radius 2 is 1.84 bits per heavy atom. The first-order valence-electron chi connectivity index (χ1n) is 12.1. The number of rotatable bonds is 9. The number of fused-ring (bicyclic) bond motifs is 1. The van der Waals surface area contributed by atoms with E-state index in [1.54, 1.807) is 13.3 Å². The number of ether oxygens (including phenoxy) is 1. The standard InChI is InChI=1S/C27H32N6O4/c1-17(2)20-11-9-19(10-12-20)14-28-30-26-29-24-23(25(35)32(5)27(36)31(24)4)33(26)15-21(34)16-37-22-8-6-7-18(3)13-22/h6-14,17,21,34H,15-16H2,1-5H3,(H,29,30). The molecular formula is C27H32N6O4. The number of hydrogen-bond acceptors (Lipinski definition) is 7. The van der Waals surface area contributed by atoms with E-state index in [0.717, 1.165) is 15.7 Å². The van der Waals surface area contributed by atoms with Gasteiger partial charge in [-0.1, -0.05) is 50.2 Å². The van der Waals surface area contributed by atoms with Crippen LogP contribution in [0.25, 0.3) is 11.2 Å². The molecular weight excluding hydrogens is 472 g/mol. The van der Waals surface area contributed by atoms with Crippen molar-refractivity contribution in [3.05, 3.63) is 86.1 Å². The molecule has 0 aliphatic heterocycles. The third-order valence-electron chi connectivity index (χ3n) is 6.15. The quantitative estimate of drug-likeness (QED) is 0.268. The Morgan fingerprint density at radius 3 is 2.51 bits per heavy atom. The maximum atomic E-state index is 13.0. The van der Waals surface area contributed by atoms with E-state index in [4.69, 9.17) is 4.74 Å². The van der Waals surface area contributed by atoms with Crippen LogP contribution in [0.3, 0.4) is 0 Å². The lowest BCUT2D eigenvalue weighted by molar-refractivity contribution is 0.0938. The van der Waals surface area contributed by atoms with Crippen molar-refractivity contribution in [2.24, 2.45) is 19.2 Å². The minimum absolute atomic E-state index is 0.000113. The summed E-state index contributed by atoms with van der Waals surface area (Å²) in [7, 11) is 2.95. The third kappa shape index (κ3) is 5.64. The third-order valence-corrected chi connectivity index (χ3v) is 6.15. The fourth-order valence-corrected chi connectivity index (χ4v) is 4.00. The fraction of sp³-hybridized carbons (Fsp3) is 0.333. The number of aryl methyl sites for hydroxylation is 2. The molecule has 10 nitrogen and oxygen atoms in total. The summed E-state index contributed by atoms with van der Waals surface area (Å²) in [6, 6.07) is 15.5. The van der Waals surface area contributed by atoms with Gasteiger partial charge in [0.05, 0.1) is 12.8 Å². The van der Waals surface area contributed by atoms with Crippen molar-refractivity contribution in [1.82, 2.24) is 18.7 Å². The molecule has 2 heterocycles. The first-order valence-corrected chi connectivity index (χ1v) is 12.1. The van der Waals surface area contributed by atoms with Crippen molar-refractivity contribution in [3.63, 3.8) is 0 Å². The van der Waals surface area contributed by atoms with E-state index in [1.807, 2.05) is 55.5 Å². The van der Waals surface area contributed by atoms with Gasteiger partial charge >= 0.3 is 5.69 Å². The molecule has 0 radical (unpaired) electrons. The van der Waals surface area contributed by atoms with Gasteiger partial charge in [0.15, 0.2) is 11.2 Å². The fourth-order valence-electron chi connectivity index (χ4n) is 4.00. The largest absolute Gasteiger partial charge is 0.491 e. The van der Waals surface area contributed by atoms with Crippen LogP contribution < -0.4 is 21.4 Å². The van der Waals surface area contributed by atoms with Crippen molar-refractivity contribution in [2.75, 3.05) is 12.0 Å². The smallest absolute Gasteiger partial charge is 0.332 e. The van der Waals surface area contributed by atoms with Gasteiger partial charge in [0, 0.05) is 14.1 Å². The topological polar surface area (TPSA) is 116 Å². The Bertz CT molecular complexity index is 1550. The summed E-state index contributed by atoms with van der Waals surface area (Å²) < 4.78 is 9.57. The van der Waals surface area contributed by atoms with E-state index in [1.165, 1.54) is 21.7 Å². The van der Waals surface area contributed by atoms with Gasteiger partial charge in [-0.3, -0.25) is 13.9 Å². The first kappa shape index (κ1) is 25.9. The molecule has 0 aliphatic carbocycles. The molecule has 194 valence electrons. The Hall–Kier alpha value is -4.18. The lowest BCUT2D eigenvalue weighted by atomic mass is 10.0. The molecule has 4 rings (SSSR count). The van der Waals surface area contributed by atoms with Gasteiger partial charge in [-0.05, 0) is 41.7 Å². The highest BCUT2D eigenvalue weighted by Gasteiger charge is 2.21. The van der Waals surface area contributed by atoms with Crippen LogP contribution in [0.2, 0.25) is 0 Å². The molecule has 2 N–H and O–H groups in total. The van der Waals surface area contributed by atoms with Gasteiger partial charge in [0.25, 0.3) is 5.56 Å². The van der Waals surface area contributed by atoms with E-state index < -0.39 is 17.4 Å². The Balaban J connectivity index is 1.63. The molecule has 0 saturated carbocycles. The van der Waals surface area contributed by atoms with E-state index in [0.29, 0.717) is 11.7 Å². The average Bonchev–Trinajstić information content (AvgIpc) is 3.23. The summed E-state index contributed by atoms with van der Waals surface area (Å²) in [6.45, 7) is 6.22. The van der Waals surface area contributed by atoms with Crippen LogP contribution >= 0.6 is 0 Å². The van der Waals surface area contributed by atoms with Crippen LogP contribution in [0.1, 0.15) is 36.5 Å². The number of hydrogen-bond donors (Lipinski definition) is 2. The van der Waals surface area contributed by atoms with Gasteiger partial charge in [0.1, 0.15) is 18.5 Å². The van der Waals surface area contributed by atoms with Crippen LogP contribution in [0.5, 0.6) is 5.75 Å². The molecule has 0 aliphatic rings. The van der Waals surface area contributed by atoms with Gasteiger partial charge in [-0.2, -0.15) is 10.1 Å². The lowest BCUT2D eigenvalue weighted by Gasteiger charge is -2.15. The monoisotopic (exact) mass is 504 g/mol. The number of anilines is 1. The zero-order valence-corrected chi connectivity index (χ0v) is 21.7. The molecule has 1 atom stereocenters. The molecule has 0 bridgehead atoms. The maximum absolute atomic E-state index is 13.0.